The Labute approximate surface area is 98.5 Å². The molecule has 0 aliphatic heterocycles. The largest absolute Gasteiger partial charge is 0.321 e. The van der Waals surface area contributed by atoms with E-state index in [-0.39, 0.29) is 5.69 Å². The molecule has 1 aliphatic rings. The van der Waals surface area contributed by atoms with Crippen molar-refractivity contribution in [3.05, 3.63) is 38.9 Å². The van der Waals surface area contributed by atoms with E-state index in [1.807, 2.05) is 0 Å². The molecule has 5 heteroatoms. The fraction of sp³-hybridized carbons (Fsp3) is 0.455. The van der Waals surface area contributed by atoms with Gasteiger partial charge in [0.05, 0.1) is 15.5 Å². The minimum atomic E-state index is -0.624. The molecule has 0 atom stereocenters. The molecule has 0 aromatic heterocycles. The smallest absolute Gasteiger partial charge is 0.275 e. The van der Waals surface area contributed by atoms with Crippen LogP contribution < -0.4 is 5.73 Å². The maximum Gasteiger partial charge on any atom is 0.275 e. The highest BCUT2D eigenvalue weighted by Crippen LogP contribution is 2.43. The molecule has 0 heterocycles. The number of nitrogens with two attached hydrogens (primary N) is 1. The maximum atomic E-state index is 11.0. The Bertz CT molecular complexity index is 428. The fourth-order valence-corrected chi connectivity index (χ4v) is 2.77. The van der Waals surface area contributed by atoms with Gasteiger partial charge in [0.15, 0.2) is 0 Å². The van der Waals surface area contributed by atoms with Crippen LogP contribution in [0.2, 0.25) is 5.02 Å². The van der Waals surface area contributed by atoms with Crippen LogP contribution in [0.1, 0.15) is 31.2 Å². The summed E-state index contributed by atoms with van der Waals surface area (Å²) in [6.45, 7) is 0. The predicted octanol–water partition coefficient (Wildman–Crippen LogP) is 2.98. The molecule has 86 valence electrons. The zero-order chi connectivity index (χ0) is 11.8. The molecular weight excluding hydrogens is 228 g/mol. The van der Waals surface area contributed by atoms with Crippen molar-refractivity contribution in [2.45, 2.75) is 31.2 Å². The summed E-state index contributed by atoms with van der Waals surface area (Å²) in [5.41, 5.74) is 6.14. The van der Waals surface area contributed by atoms with Gasteiger partial charge < -0.3 is 5.73 Å². The Morgan fingerprint density at radius 1 is 1.38 bits per heavy atom. The van der Waals surface area contributed by atoms with Crippen LogP contribution in [0, 0.1) is 10.1 Å². The highest BCUT2D eigenvalue weighted by molar-refractivity contribution is 6.31. The van der Waals surface area contributed by atoms with Crippen molar-refractivity contribution in [1.82, 2.24) is 0 Å². The second kappa shape index (κ2) is 4.03. The summed E-state index contributed by atoms with van der Waals surface area (Å²) in [4.78, 5) is 10.6. The third-order valence-corrected chi connectivity index (χ3v) is 3.50. The second-order valence-corrected chi connectivity index (χ2v) is 4.66. The first-order valence-corrected chi connectivity index (χ1v) is 5.65. The van der Waals surface area contributed by atoms with E-state index in [0.29, 0.717) is 10.6 Å². The molecule has 1 saturated carbocycles. The molecule has 4 nitrogen and oxygen atoms in total. The van der Waals surface area contributed by atoms with Crippen LogP contribution in [0.5, 0.6) is 0 Å². The third kappa shape index (κ3) is 1.79. The summed E-state index contributed by atoms with van der Waals surface area (Å²) in [7, 11) is 0. The summed E-state index contributed by atoms with van der Waals surface area (Å²) < 4.78 is 0. The number of hydrogen-bond acceptors (Lipinski definition) is 3. The zero-order valence-corrected chi connectivity index (χ0v) is 9.54. The molecule has 16 heavy (non-hydrogen) atoms. The molecule has 0 amide bonds. The summed E-state index contributed by atoms with van der Waals surface area (Å²) in [6.07, 6.45) is 3.52. The zero-order valence-electron chi connectivity index (χ0n) is 8.78. The topological polar surface area (TPSA) is 69.2 Å². The van der Waals surface area contributed by atoms with E-state index in [9.17, 15) is 10.1 Å². The second-order valence-electron chi connectivity index (χ2n) is 4.25. The Morgan fingerprint density at radius 2 is 2.00 bits per heavy atom. The standard InChI is InChI=1S/C11H13ClN2O2/c12-8-4-3-5-9(14(15)16)10(8)11(13)6-1-2-7-11/h3-5H,1-2,6-7,13H2. The average molecular weight is 241 g/mol. The normalized spacial score (nSPS) is 18.6. The summed E-state index contributed by atoms with van der Waals surface area (Å²) in [5.74, 6) is 0. The minimum Gasteiger partial charge on any atom is -0.321 e. The highest BCUT2D eigenvalue weighted by atomic mass is 35.5. The molecule has 0 unspecified atom stereocenters. The molecule has 0 saturated heterocycles. The molecule has 0 bridgehead atoms. The molecule has 1 aromatic carbocycles. The number of nitro groups is 1. The van der Waals surface area contributed by atoms with E-state index < -0.39 is 10.5 Å². The minimum absolute atomic E-state index is 0.0388. The predicted molar refractivity (Wildman–Crippen MR) is 62.4 cm³/mol. The fourth-order valence-electron chi connectivity index (χ4n) is 2.41. The number of nitrogens with zero attached hydrogens (tertiary/aromatic N) is 1. The molecule has 2 N–H and O–H groups in total. The number of hydrogen-bond donors (Lipinski definition) is 1. The van der Waals surface area contributed by atoms with Gasteiger partial charge in [0, 0.05) is 11.6 Å². The summed E-state index contributed by atoms with van der Waals surface area (Å²) in [6, 6.07) is 4.72. The Balaban J connectivity index is 2.57. The Morgan fingerprint density at radius 3 is 2.56 bits per heavy atom. The molecule has 1 fully saturated rings. The molecular formula is C11H13ClN2O2. The van der Waals surface area contributed by atoms with Gasteiger partial charge in [-0.1, -0.05) is 30.5 Å². The van der Waals surface area contributed by atoms with E-state index in [1.165, 1.54) is 6.07 Å². The lowest BCUT2D eigenvalue weighted by atomic mass is 9.88. The van der Waals surface area contributed by atoms with Crippen molar-refractivity contribution in [3.8, 4) is 0 Å². The lowest BCUT2D eigenvalue weighted by Crippen LogP contribution is -2.34. The first-order valence-electron chi connectivity index (χ1n) is 5.27. The van der Waals surface area contributed by atoms with Crippen LogP contribution in [-0.4, -0.2) is 4.92 Å². The van der Waals surface area contributed by atoms with E-state index in [1.54, 1.807) is 12.1 Å². The average Bonchev–Trinajstić information content (AvgIpc) is 2.65. The third-order valence-electron chi connectivity index (χ3n) is 3.18. The van der Waals surface area contributed by atoms with Gasteiger partial charge in [-0.25, -0.2) is 0 Å². The van der Waals surface area contributed by atoms with Gasteiger partial charge in [-0.05, 0) is 18.9 Å². The van der Waals surface area contributed by atoms with Crippen molar-refractivity contribution in [2.24, 2.45) is 5.73 Å². The first-order chi connectivity index (χ1) is 7.54. The Kier molecular flexibility index (Phi) is 2.86. The number of halogens is 1. The van der Waals surface area contributed by atoms with E-state index in [0.717, 1.165) is 25.7 Å². The summed E-state index contributed by atoms with van der Waals surface area (Å²) in [5, 5.41) is 11.4. The molecule has 1 aromatic rings. The van der Waals surface area contributed by atoms with Gasteiger partial charge in [0.25, 0.3) is 5.69 Å². The van der Waals surface area contributed by atoms with Crippen LogP contribution in [-0.2, 0) is 5.54 Å². The van der Waals surface area contributed by atoms with E-state index in [2.05, 4.69) is 0 Å². The van der Waals surface area contributed by atoms with Crippen molar-refractivity contribution in [1.29, 1.82) is 0 Å². The van der Waals surface area contributed by atoms with Crippen molar-refractivity contribution in [3.63, 3.8) is 0 Å². The SMILES string of the molecule is NC1(c2c(Cl)cccc2[N+](=O)[O-])CCCC1. The van der Waals surface area contributed by atoms with Gasteiger partial charge in [0.1, 0.15) is 0 Å². The molecule has 2 rings (SSSR count). The highest BCUT2D eigenvalue weighted by Gasteiger charge is 2.38. The first kappa shape index (κ1) is 11.4. The molecule has 1 aliphatic carbocycles. The van der Waals surface area contributed by atoms with Crippen molar-refractivity contribution in [2.75, 3.05) is 0 Å². The van der Waals surface area contributed by atoms with Gasteiger partial charge in [0.2, 0.25) is 0 Å². The van der Waals surface area contributed by atoms with Crippen LogP contribution in [0.4, 0.5) is 5.69 Å². The van der Waals surface area contributed by atoms with Crippen LogP contribution in [0.3, 0.4) is 0 Å². The Hall–Kier alpha value is -1.13. The van der Waals surface area contributed by atoms with Gasteiger partial charge in [-0.2, -0.15) is 0 Å². The molecule has 0 spiro atoms. The van der Waals surface area contributed by atoms with Crippen LogP contribution >= 0.6 is 11.6 Å². The van der Waals surface area contributed by atoms with Crippen LogP contribution in [0.15, 0.2) is 18.2 Å². The van der Waals surface area contributed by atoms with Crippen LogP contribution in [0.25, 0.3) is 0 Å². The van der Waals surface area contributed by atoms with E-state index >= 15 is 0 Å². The monoisotopic (exact) mass is 240 g/mol. The van der Waals surface area contributed by atoms with E-state index in [4.69, 9.17) is 17.3 Å². The lowest BCUT2D eigenvalue weighted by Gasteiger charge is -2.24. The van der Waals surface area contributed by atoms with Gasteiger partial charge in [-0.15, -0.1) is 0 Å². The summed E-state index contributed by atoms with van der Waals surface area (Å²) >= 11 is 6.06. The number of nitro benzene ring substituents is 1. The van der Waals surface area contributed by atoms with Crippen molar-refractivity contribution >= 4 is 17.3 Å². The lowest BCUT2D eigenvalue weighted by molar-refractivity contribution is -0.386. The number of rotatable bonds is 2. The number of benzene rings is 1. The van der Waals surface area contributed by atoms with Gasteiger partial charge in [-0.3, -0.25) is 10.1 Å². The van der Waals surface area contributed by atoms with Gasteiger partial charge >= 0.3 is 0 Å². The van der Waals surface area contributed by atoms with Crippen molar-refractivity contribution < 1.29 is 4.92 Å². The quantitative estimate of drug-likeness (QED) is 0.638. The molecule has 0 radical (unpaired) electrons. The maximum absolute atomic E-state index is 11.0.